The van der Waals surface area contributed by atoms with Gasteiger partial charge in [0.25, 0.3) is 0 Å². The highest BCUT2D eigenvalue weighted by Crippen LogP contribution is 2.26. The van der Waals surface area contributed by atoms with Crippen LogP contribution in [0.25, 0.3) is 11.3 Å². The van der Waals surface area contributed by atoms with Gasteiger partial charge in [0.15, 0.2) is 0 Å². The molecule has 1 aromatic heterocycles. The zero-order valence-corrected chi connectivity index (χ0v) is 10.2. The number of aromatic nitrogens is 1. The van der Waals surface area contributed by atoms with Crippen LogP contribution in [-0.2, 0) is 6.61 Å². The Morgan fingerprint density at radius 3 is 2.40 bits per heavy atom. The maximum Gasteiger partial charge on any atom is 0.573 e. The molecule has 0 bridgehead atoms. The Morgan fingerprint density at radius 1 is 1.20 bits per heavy atom. The second kappa shape index (κ2) is 5.38. The van der Waals surface area contributed by atoms with Crippen molar-refractivity contribution in [2.75, 3.05) is 5.73 Å². The first-order valence-electron chi connectivity index (χ1n) is 5.60. The number of hydrogen-bond acceptors (Lipinski definition) is 4. The number of alkyl halides is 3. The number of nitrogens with two attached hydrogens (primary N) is 1. The molecule has 106 valence electrons. The Hall–Kier alpha value is -2.28. The van der Waals surface area contributed by atoms with Crippen molar-refractivity contribution >= 4 is 5.69 Å². The van der Waals surface area contributed by atoms with Gasteiger partial charge in [0.1, 0.15) is 5.75 Å². The first kappa shape index (κ1) is 14.1. The third-order valence-electron chi connectivity index (χ3n) is 2.58. The van der Waals surface area contributed by atoms with Crippen LogP contribution in [0.2, 0.25) is 0 Å². The molecule has 4 nitrogen and oxygen atoms in total. The highest BCUT2D eigenvalue weighted by molar-refractivity contribution is 5.63. The van der Waals surface area contributed by atoms with E-state index in [-0.39, 0.29) is 12.4 Å². The van der Waals surface area contributed by atoms with Gasteiger partial charge in [-0.3, -0.25) is 4.98 Å². The van der Waals surface area contributed by atoms with E-state index in [1.54, 1.807) is 6.07 Å². The Kier molecular flexibility index (Phi) is 3.80. The first-order valence-corrected chi connectivity index (χ1v) is 5.60. The van der Waals surface area contributed by atoms with Crippen molar-refractivity contribution in [3.05, 3.63) is 42.1 Å². The van der Waals surface area contributed by atoms with Crippen LogP contribution in [0.3, 0.4) is 0 Å². The van der Waals surface area contributed by atoms with Gasteiger partial charge in [0.2, 0.25) is 0 Å². The zero-order chi connectivity index (χ0) is 14.8. The summed E-state index contributed by atoms with van der Waals surface area (Å²) in [5.74, 6) is -0.306. The third kappa shape index (κ3) is 3.39. The van der Waals surface area contributed by atoms with Crippen LogP contribution >= 0.6 is 0 Å². The van der Waals surface area contributed by atoms with E-state index < -0.39 is 6.36 Å². The van der Waals surface area contributed by atoms with Crippen LogP contribution in [0.15, 0.2) is 36.5 Å². The van der Waals surface area contributed by atoms with Crippen LogP contribution in [0, 0.1) is 0 Å². The lowest BCUT2D eigenvalue weighted by molar-refractivity contribution is -0.274. The predicted octanol–water partition coefficient (Wildman–Crippen LogP) is 2.72. The van der Waals surface area contributed by atoms with E-state index in [0.29, 0.717) is 22.5 Å². The van der Waals surface area contributed by atoms with Crippen molar-refractivity contribution < 1.29 is 23.0 Å². The standard InChI is InChI=1S/C13H11F3N2O2/c14-13(15,16)20-10-3-1-8(2-4-10)12-5-9(7-19)11(17)6-18-12/h1-6,19H,7,17H2. The smallest absolute Gasteiger partial charge is 0.406 e. The van der Waals surface area contributed by atoms with Crippen molar-refractivity contribution in [1.82, 2.24) is 4.98 Å². The number of anilines is 1. The molecule has 1 heterocycles. The van der Waals surface area contributed by atoms with E-state index in [9.17, 15) is 13.2 Å². The number of pyridine rings is 1. The van der Waals surface area contributed by atoms with Gasteiger partial charge >= 0.3 is 6.36 Å². The third-order valence-corrected chi connectivity index (χ3v) is 2.58. The highest BCUT2D eigenvalue weighted by Gasteiger charge is 2.30. The minimum Gasteiger partial charge on any atom is -0.406 e. The van der Waals surface area contributed by atoms with Gasteiger partial charge in [-0.2, -0.15) is 0 Å². The number of nitrogens with zero attached hydrogens (tertiary/aromatic N) is 1. The molecule has 0 aliphatic heterocycles. The second-order valence-corrected chi connectivity index (χ2v) is 4.00. The largest absolute Gasteiger partial charge is 0.573 e. The Morgan fingerprint density at radius 2 is 1.85 bits per heavy atom. The van der Waals surface area contributed by atoms with Gasteiger partial charge in [-0.25, -0.2) is 0 Å². The molecule has 1 aromatic carbocycles. The number of ether oxygens (including phenoxy) is 1. The van der Waals surface area contributed by atoms with Crippen LogP contribution in [0.4, 0.5) is 18.9 Å². The molecule has 2 aromatic rings. The minimum absolute atomic E-state index is 0.239. The maximum absolute atomic E-state index is 12.0. The van der Waals surface area contributed by atoms with Crippen molar-refractivity contribution in [2.24, 2.45) is 0 Å². The monoisotopic (exact) mass is 284 g/mol. The van der Waals surface area contributed by atoms with Crippen LogP contribution < -0.4 is 10.5 Å². The SMILES string of the molecule is Nc1cnc(-c2ccc(OC(F)(F)F)cc2)cc1CO. The van der Waals surface area contributed by atoms with Gasteiger partial charge in [0.05, 0.1) is 24.2 Å². The van der Waals surface area contributed by atoms with Crippen LogP contribution in [-0.4, -0.2) is 16.5 Å². The van der Waals surface area contributed by atoms with E-state index in [1.165, 1.54) is 30.5 Å². The van der Waals surface area contributed by atoms with Gasteiger partial charge in [-0.05, 0) is 30.3 Å². The highest BCUT2D eigenvalue weighted by atomic mass is 19.4. The number of hydrogen-bond donors (Lipinski definition) is 2. The number of halogens is 3. The van der Waals surface area contributed by atoms with Crippen LogP contribution in [0.5, 0.6) is 5.75 Å². The molecular weight excluding hydrogens is 273 g/mol. The fourth-order valence-electron chi connectivity index (χ4n) is 1.63. The predicted molar refractivity (Wildman–Crippen MR) is 66.7 cm³/mol. The van der Waals surface area contributed by atoms with E-state index in [4.69, 9.17) is 10.8 Å². The molecule has 0 aliphatic carbocycles. The number of aliphatic hydroxyl groups excluding tert-OH is 1. The van der Waals surface area contributed by atoms with E-state index in [1.807, 2.05) is 0 Å². The first-order chi connectivity index (χ1) is 9.39. The minimum atomic E-state index is -4.72. The lowest BCUT2D eigenvalue weighted by atomic mass is 10.1. The summed E-state index contributed by atoms with van der Waals surface area (Å²) >= 11 is 0. The topological polar surface area (TPSA) is 68.4 Å². The average Bonchev–Trinajstić information content (AvgIpc) is 2.38. The number of nitrogen functional groups attached to an aromatic ring is 1. The Bertz CT molecular complexity index is 598. The molecule has 0 amide bonds. The van der Waals surface area contributed by atoms with Gasteiger partial charge < -0.3 is 15.6 Å². The Balaban J connectivity index is 2.26. The summed E-state index contributed by atoms with van der Waals surface area (Å²) in [5, 5.41) is 9.11. The molecular formula is C13H11F3N2O2. The summed E-state index contributed by atoms with van der Waals surface area (Å²) in [6.45, 7) is -0.239. The number of rotatable bonds is 3. The quantitative estimate of drug-likeness (QED) is 0.909. The lowest BCUT2D eigenvalue weighted by Gasteiger charge is -2.10. The van der Waals surface area contributed by atoms with E-state index >= 15 is 0 Å². The van der Waals surface area contributed by atoms with Gasteiger partial charge in [-0.1, -0.05) is 0 Å². The van der Waals surface area contributed by atoms with Crippen molar-refractivity contribution in [3.63, 3.8) is 0 Å². The molecule has 0 fully saturated rings. The summed E-state index contributed by atoms with van der Waals surface area (Å²) in [6, 6.07) is 6.86. The fourth-order valence-corrected chi connectivity index (χ4v) is 1.63. The molecule has 0 aliphatic rings. The summed E-state index contributed by atoms with van der Waals surface area (Å²) in [6.07, 6.45) is -3.33. The summed E-state index contributed by atoms with van der Waals surface area (Å²) in [5.41, 5.74) is 7.56. The van der Waals surface area contributed by atoms with Crippen molar-refractivity contribution in [2.45, 2.75) is 13.0 Å². The van der Waals surface area contributed by atoms with Crippen LogP contribution in [0.1, 0.15) is 5.56 Å². The molecule has 0 saturated carbocycles. The number of benzene rings is 1. The number of aliphatic hydroxyl groups is 1. The Labute approximate surface area is 112 Å². The normalized spacial score (nSPS) is 11.4. The molecule has 0 spiro atoms. The molecule has 0 atom stereocenters. The molecule has 0 saturated heterocycles. The second-order valence-electron chi connectivity index (χ2n) is 4.00. The van der Waals surface area contributed by atoms with E-state index in [0.717, 1.165) is 0 Å². The summed E-state index contributed by atoms with van der Waals surface area (Å²) < 4.78 is 39.9. The summed E-state index contributed by atoms with van der Waals surface area (Å²) in [7, 11) is 0. The average molecular weight is 284 g/mol. The zero-order valence-electron chi connectivity index (χ0n) is 10.2. The van der Waals surface area contributed by atoms with Gasteiger partial charge in [0, 0.05) is 11.1 Å². The molecule has 3 N–H and O–H groups in total. The molecule has 0 unspecified atom stereocenters. The van der Waals surface area contributed by atoms with Crippen molar-refractivity contribution in [1.29, 1.82) is 0 Å². The maximum atomic E-state index is 12.0. The molecule has 20 heavy (non-hydrogen) atoms. The fraction of sp³-hybridized carbons (Fsp3) is 0.154. The van der Waals surface area contributed by atoms with Gasteiger partial charge in [-0.15, -0.1) is 13.2 Å². The molecule has 7 heteroatoms. The molecule has 2 rings (SSSR count). The van der Waals surface area contributed by atoms with E-state index in [2.05, 4.69) is 9.72 Å². The van der Waals surface area contributed by atoms with Crippen molar-refractivity contribution in [3.8, 4) is 17.0 Å². The summed E-state index contributed by atoms with van der Waals surface area (Å²) in [4.78, 5) is 4.06. The lowest BCUT2D eigenvalue weighted by Crippen LogP contribution is -2.16. The molecule has 0 radical (unpaired) electrons.